The highest BCUT2D eigenvalue weighted by molar-refractivity contribution is 7.17. The van der Waals surface area contributed by atoms with E-state index in [0.717, 1.165) is 32.9 Å². The molecule has 0 atom stereocenters. The van der Waals surface area contributed by atoms with Gasteiger partial charge in [-0.05, 0) is 18.2 Å². The number of anilines is 1. The molecule has 0 aromatic carbocycles. The summed E-state index contributed by atoms with van der Waals surface area (Å²) in [6.07, 6.45) is 5.16. The molecule has 0 fully saturated rings. The van der Waals surface area contributed by atoms with Crippen LogP contribution in [-0.2, 0) is 6.54 Å². The van der Waals surface area contributed by atoms with Crippen LogP contribution in [0.2, 0.25) is 0 Å². The minimum Gasteiger partial charge on any atom is -0.481 e. The summed E-state index contributed by atoms with van der Waals surface area (Å²) in [5.74, 6) is 1.38. The molecule has 0 unspecified atom stereocenters. The van der Waals surface area contributed by atoms with Crippen LogP contribution in [0.3, 0.4) is 0 Å². The van der Waals surface area contributed by atoms with Crippen LogP contribution < -0.4 is 10.1 Å². The second-order valence-corrected chi connectivity index (χ2v) is 6.17. The highest BCUT2D eigenvalue weighted by Crippen LogP contribution is 2.36. The molecule has 4 aromatic heterocycles. The monoisotopic (exact) mass is 349 g/mol. The van der Waals surface area contributed by atoms with Crippen LogP contribution in [0, 0.1) is 0 Å². The van der Waals surface area contributed by atoms with E-state index in [1.807, 2.05) is 30.3 Å². The Labute approximate surface area is 148 Å². The molecule has 4 aromatic rings. The first-order valence-corrected chi connectivity index (χ1v) is 8.59. The number of hydrogen-bond acceptors (Lipinski definition) is 7. The Morgan fingerprint density at radius 1 is 1.08 bits per heavy atom. The van der Waals surface area contributed by atoms with Crippen LogP contribution in [0.1, 0.15) is 5.69 Å². The lowest BCUT2D eigenvalue weighted by Gasteiger charge is -2.08. The van der Waals surface area contributed by atoms with Gasteiger partial charge in [-0.1, -0.05) is 6.07 Å². The van der Waals surface area contributed by atoms with Gasteiger partial charge in [-0.15, -0.1) is 11.3 Å². The van der Waals surface area contributed by atoms with Gasteiger partial charge in [-0.25, -0.2) is 15.0 Å². The number of aromatic nitrogens is 4. The summed E-state index contributed by atoms with van der Waals surface area (Å²) in [4.78, 5) is 18.4. The first-order chi connectivity index (χ1) is 12.3. The lowest BCUT2D eigenvalue weighted by Crippen LogP contribution is -2.03. The van der Waals surface area contributed by atoms with Crippen molar-refractivity contribution < 1.29 is 4.74 Å². The predicted molar refractivity (Wildman–Crippen MR) is 98.8 cm³/mol. The minimum atomic E-state index is 0.591. The number of pyridine rings is 2. The van der Waals surface area contributed by atoms with Gasteiger partial charge < -0.3 is 10.1 Å². The third-order valence-corrected chi connectivity index (χ3v) is 4.68. The Balaban J connectivity index is 1.71. The molecule has 6 nitrogen and oxygen atoms in total. The van der Waals surface area contributed by atoms with E-state index in [-0.39, 0.29) is 0 Å². The number of ether oxygens (including phenoxy) is 1. The van der Waals surface area contributed by atoms with Gasteiger partial charge in [0.15, 0.2) is 0 Å². The fourth-order valence-electron chi connectivity index (χ4n) is 2.56. The van der Waals surface area contributed by atoms with Gasteiger partial charge in [0.05, 0.1) is 24.7 Å². The maximum Gasteiger partial charge on any atom is 0.212 e. The van der Waals surface area contributed by atoms with Crippen molar-refractivity contribution in [1.29, 1.82) is 0 Å². The van der Waals surface area contributed by atoms with Crippen molar-refractivity contribution in [2.24, 2.45) is 0 Å². The molecule has 4 rings (SSSR count). The number of rotatable bonds is 5. The Bertz CT molecular complexity index is 985. The largest absolute Gasteiger partial charge is 0.481 e. The van der Waals surface area contributed by atoms with Gasteiger partial charge in [0, 0.05) is 35.0 Å². The zero-order valence-electron chi connectivity index (χ0n) is 13.5. The third kappa shape index (κ3) is 3.14. The summed E-state index contributed by atoms with van der Waals surface area (Å²) in [7, 11) is 1.61. The van der Waals surface area contributed by atoms with Crippen LogP contribution in [0.5, 0.6) is 5.88 Å². The van der Waals surface area contributed by atoms with E-state index < -0.39 is 0 Å². The molecule has 25 heavy (non-hydrogen) atoms. The number of thiophene rings is 1. The van der Waals surface area contributed by atoms with Gasteiger partial charge in [-0.2, -0.15) is 0 Å². The molecule has 0 saturated heterocycles. The van der Waals surface area contributed by atoms with E-state index in [1.165, 1.54) is 0 Å². The predicted octanol–water partition coefficient (Wildman–Crippen LogP) is 3.77. The van der Waals surface area contributed by atoms with Crippen LogP contribution in [0.25, 0.3) is 21.3 Å². The highest BCUT2D eigenvalue weighted by Gasteiger charge is 2.13. The van der Waals surface area contributed by atoms with E-state index in [9.17, 15) is 0 Å². The fourth-order valence-corrected chi connectivity index (χ4v) is 3.47. The molecule has 1 N–H and O–H groups in total. The van der Waals surface area contributed by atoms with E-state index in [2.05, 4.69) is 30.6 Å². The molecule has 0 aliphatic heterocycles. The Morgan fingerprint density at radius 3 is 2.80 bits per heavy atom. The molecule has 0 aliphatic rings. The first-order valence-electron chi connectivity index (χ1n) is 7.71. The topological polar surface area (TPSA) is 72.8 Å². The summed E-state index contributed by atoms with van der Waals surface area (Å²) >= 11 is 1.59. The zero-order valence-corrected chi connectivity index (χ0v) is 14.3. The molecule has 4 heterocycles. The molecule has 0 bridgehead atoms. The van der Waals surface area contributed by atoms with E-state index >= 15 is 0 Å². The van der Waals surface area contributed by atoms with Crippen molar-refractivity contribution in [3.8, 4) is 17.0 Å². The summed E-state index contributed by atoms with van der Waals surface area (Å²) in [6, 6.07) is 9.69. The average Bonchev–Trinajstić information content (AvgIpc) is 3.12. The molecule has 0 saturated carbocycles. The molecule has 0 amide bonds. The first kappa shape index (κ1) is 15.5. The van der Waals surface area contributed by atoms with Gasteiger partial charge in [-0.3, -0.25) is 4.98 Å². The summed E-state index contributed by atoms with van der Waals surface area (Å²) in [5, 5.41) is 6.44. The number of methoxy groups -OCH3 is 1. The Kier molecular flexibility index (Phi) is 4.22. The summed E-state index contributed by atoms with van der Waals surface area (Å²) in [6.45, 7) is 0.600. The zero-order chi connectivity index (χ0) is 17.1. The van der Waals surface area contributed by atoms with Crippen molar-refractivity contribution in [3.05, 3.63) is 60.1 Å². The lowest BCUT2D eigenvalue weighted by molar-refractivity contribution is 0.398. The molecular formula is C18H15N5OS. The number of fused-ring (bicyclic) bond motifs is 1. The number of nitrogens with zero attached hydrogens (tertiary/aromatic N) is 4. The van der Waals surface area contributed by atoms with E-state index in [1.54, 1.807) is 37.2 Å². The second kappa shape index (κ2) is 6.82. The normalized spacial score (nSPS) is 10.8. The number of nitrogens with one attached hydrogen (secondary N) is 1. The van der Waals surface area contributed by atoms with E-state index in [4.69, 9.17) is 4.74 Å². The maximum atomic E-state index is 5.13. The van der Waals surface area contributed by atoms with Gasteiger partial charge in [0.1, 0.15) is 17.0 Å². The SMILES string of the molecule is COc1ccc(-c2csc3ncnc(NCc4ccccn4)c23)cn1. The Morgan fingerprint density at radius 2 is 2.04 bits per heavy atom. The molecular weight excluding hydrogens is 334 g/mol. The van der Waals surface area contributed by atoms with Crippen molar-refractivity contribution in [2.45, 2.75) is 6.54 Å². The van der Waals surface area contributed by atoms with Gasteiger partial charge in [0.25, 0.3) is 0 Å². The van der Waals surface area contributed by atoms with E-state index in [0.29, 0.717) is 12.4 Å². The van der Waals surface area contributed by atoms with Crippen LogP contribution in [0.4, 0.5) is 5.82 Å². The highest BCUT2D eigenvalue weighted by atomic mass is 32.1. The molecule has 0 aliphatic carbocycles. The van der Waals surface area contributed by atoms with Crippen LogP contribution in [0.15, 0.2) is 54.4 Å². The second-order valence-electron chi connectivity index (χ2n) is 5.32. The van der Waals surface area contributed by atoms with Crippen molar-refractivity contribution in [1.82, 2.24) is 19.9 Å². The molecule has 7 heteroatoms. The minimum absolute atomic E-state index is 0.591. The molecule has 0 spiro atoms. The van der Waals surface area contributed by atoms with Crippen molar-refractivity contribution in [2.75, 3.05) is 12.4 Å². The van der Waals surface area contributed by atoms with Crippen molar-refractivity contribution in [3.63, 3.8) is 0 Å². The summed E-state index contributed by atoms with van der Waals surface area (Å²) in [5.41, 5.74) is 3.01. The Hall–Kier alpha value is -3.06. The molecule has 124 valence electrons. The van der Waals surface area contributed by atoms with Crippen molar-refractivity contribution >= 4 is 27.4 Å². The smallest absolute Gasteiger partial charge is 0.212 e. The fraction of sp³-hybridized carbons (Fsp3) is 0.111. The average molecular weight is 349 g/mol. The standard InChI is InChI=1S/C18H15N5OS/c1-24-15-6-5-12(8-20-15)14-10-25-18-16(14)17(22-11-23-18)21-9-13-4-2-3-7-19-13/h2-8,10-11H,9H2,1H3,(H,21,22,23). The van der Waals surface area contributed by atoms with Gasteiger partial charge in [0.2, 0.25) is 5.88 Å². The number of hydrogen-bond donors (Lipinski definition) is 1. The lowest BCUT2D eigenvalue weighted by atomic mass is 10.1. The van der Waals surface area contributed by atoms with Crippen LogP contribution >= 0.6 is 11.3 Å². The quantitative estimate of drug-likeness (QED) is 0.591. The molecule has 0 radical (unpaired) electrons. The van der Waals surface area contributed by atoms with Crippen LogP contribution in [-0.4, -0.2) is 27.0 Å². The van der Waals surface area contributed by atoms with Gasteiger partial charge >= 0.3 is 0 Å². The summed E-state index contributed by atoms with van der Waals surface area (Å²) < 4.78 is 5.13. The maximum absolute atomic E-state index is 5.13. The third-order valence-electron chi connectivity index (χ3n) is 3.79.